The van der Waals surface area contributed by atoms with E-state index >= 15 is 0 Å². The fraction of sp³-hybridized carbons (Fsp3) is 0.250. The average Bonchev–Trinajstić information content (AvgIpc) is 3.51. The van der Waals surface area contributed by atoms with Crippen molar-refractivity contribution in [3.05, 3.63) is 77.1 Å². The summed E-state index contributed by atoms with van der Waals surface area (Å²) < 4.78 is 10.9. The second-order valence-electron chi connectivity index (χ2n) is 7.90. The van der Waals surface area contributed by atoms with Crippen molar-refractivity contribution in [3.8, 4) is 22.7 Å². The quantitative estimate of drug-likeness (QED) is 0.417. The predicted octanol–water partition coefficient (Wildman–Crippen LogP) is 5.37. The third kappa shape index (κ3) is 4.03. The molecule has 3 aromatic heterocycles. The number of likely N-dealkylation sites (tertiary alicyclic amines) is 1. The number of piperidine rings is 1. The van der Waals surface area contributed by atoms with E-state index in [1.807, 2.05) is 42.2 Å². The topological polar surface area (TPSA) is 85.3 Å². The molecule has 7 nitrogen and oxygen atoms in total. The Kier molecular flexibility index (Phi) is 5.49. The van der Waals surface area contributed by atoms with Crippen LogP contribution in [-0.4, -0.2) is 39.0 Å². The van der Waals surface area contributed by atoms with Gasteiger partial charge in [0.1, 0.15) is 0 Å². The molecule has 5 rings (SSSR count). The Morgan fingerprint density at radius 2 is 2.06 bits per heavy atom. The SMILES string of the molecule is Cc1cc(-c2cnc(-c3ccc(Cl)cc3)nc2C2CCCN(C(=O)c3ccco3)C2)on1. The lowest BCUT2D eigenvalue weighted by atomic mass is 9.91. The number of benzene rings is 1. The summed E-state index contributed by atoms with van der Waals surface area (Å²) in [4.78, 5) is 24.2. The Balaban J connectivity index is 1.53. The fourth-order valence-electron chi connectivity index (χ4n) is 4.07. The van der Waals surface area contributed by atoms with Gasteiger partial charge < -0.3 is 13.8 Å². The maximum atomic E-state index is 12.9. The van der Waals surface area contributed by atoms with Crippen LogP contribution in [0.5, 0.6) is 0 Å². The van der Waals surface area contributed by atoms with Crippen LogP contribution in [0.3, 0.4) is 0 Å². The minimum Gasteiger partial charge on any atom is -0.459 e. The van der Waals surface area contributed by atoms with Gasteiger partial charge >= 0.3 is 0 Å². The minimum atomic E-state index is -0.108. The van der Waals surface area contributed by atoms with Crippen molar-refractivity contribution < 1.29 is 13.7 Å². The highest BCUT2D eigenvalue weighted by molar-refractivity contribution is 6.30. The molecule has 1 aliphatic rings. The van der Waals surface area contributed by atoms with Crippen LogP contribution in [-0.2, 0) is 0 Å². The van der Waals surface area contributed by atoms with E-state index in [2.05, 4.69) is 10.1 Å². The summed E-state index contributed by atoms with van der Waals surface area (Å²) in [5.74, 6) is 1.49. The Hall–Kier alpha value is -3.45. The van der Waals surface area contributed by atoms with Crippen molar-refractivity contribution in [3.63, 3.8) is 0 Å². The lowest BCUT2D eigenvalue weighted by Gasteiger charge is -2.32. The molecule has 8 heteroatoms. The summed E-state index contributed by atoms with van der Waals surface area (Å²) in [5.41, 5.74) is 3.29. The normalized spacial score (nSPS) is 16.3. The number of furan rings is 1. The van der Waals surface area contributed by atoms with Crippen molar-refractivity contribution >= 4 is 17.5 Å². The Morgan fingerprint density at radius 1 is 1.22 bits per heavy atom. The van der Waals surface area contributed by atoms with E-state index in [-0.39, 0.29) is 11.8 Å². The molecule has 162 valence electrons. The van der Waals surface area contributed by atoms with E-state index < -0.39 is 0 Å². The molecule has 1 aromatic carbocycles. The summed E-state index contributed by atoms with van der Waals surface area (Å²) in [6, 6.07) is 12.7. The molecule has 0 N–H and O–H groups in total. The van der Waals surface area contributed by atoms with E-state index in [1.54, 1.807) is 18.3 Å². The highest BCUT2D eigenvalue weighted by Crippen LogP contribution is 2.35. The molecule has 0 radical (unpaired) electrons. The van der Waals surface area contributed by atoms with Gasteiger partial charge in [0.25, 0.3) is 5.91 Å². The molecule has 1 unspecified atom stereocenters. The first-order valence-corrected chi connectivity index (χ1v) is 10.9. The number of hydrogen-bond acceptors (Lipinski definition) is 6. The maximum Gasteiger partial charge on any atom is 0.289 e. The summed E-state index contributed by atoms with van der Waals surface area (Å²) >= 11 is 6.04. The number of aryl methyl sites for hydroxylation is 1. The zero-order valence-corrected chi connectivity index (χ0v) is 18.2. The number of carbonyl (C=O) groups is 1. The molecule has 4 heterocycles. The van der Waals surface area contributed by atoms with Crippen molar-refractivity contribution in [2.24, 2.45) is 0 Å². The first-order valence-electron chi connectivity index (χ1n) is 10.5. The third-order valence-electron chi connectivity index (χ3n) is 5.64. The molecular weight excluding hydrogens is 428 g/mol. The number of carbonyl (C=O) groups excluding carboxylic acids is 1. The van der Waals surface area contributed by atoms with Crippen LogP contribution in [0.25, 0.3) is 22.7 Å². The zero-order chi connectivity index (χ0) is 22.1. The third-order valence-corrected chi connectivity index (χ3v) is 5.89. The number of nitrogens with zero attached hydrogens (tertiary/aromatic N) is 4. The number of aromatic nitrogens is 3. The second-order valence-corrected chi connectivity index (χ2v) is 8.34. The maximum absolute atomic E-state index is 12.9. The molecule has 1 saturated heterocycles. The van der Waals surface area contributed by atoms with Crippen LogP contribution in [0.2, 0.25) is 5.02 Å². The first kappa shape index (κ1) is 20.5. The Labute approximate surface area is 190 Å². The van der Waals surface area contributed by atoms with Gasteiger partial charge in [-0.15, -0.1) is 0 Å². The number of hydrogen-bond donors (Lipinski definition) is 0. The lowest BCUT2D eigenvalue weighted by Crippen LogP contribution is -2.39. The largest absolute Gasteiger partial charge is 0.459 e. The fourth-order valence-corrected chi connectivity index (χ4v) is 4.19. The number of halogens is 1. The van der Waals surface area contributed by atoms with Crippen LogP contribution >= 0.6 is 11.6 Å². The van der Waals surface area contributed by atoms with Gasteiger partial charge in [-0.25, -0.2) is 9.97 Å². The Morgan fingerprint density at radius 3 is 2.78 bits per heavy atom. The zero-order valence-electron chi connectivity index (χ0n) is 17.5. The van der Waals surface area contributed by atoms with Crippen LogP contribution in [0, 0.1) is 6.92 Å². The molecule has 1 amide bonds. The average molecular weight is 449 g/mol. The summed E-state index contributed by atoms with van der Waals surface area (Å²) in [6.07, 6.45) is 5.06. The first-order chi connectivity index (χ1) is 15.6. The highest BCUT2D eigenvalue weighted by Gasteiger charge is 2.30. The molecule has 1 fully saturated rings. The van der Waals surface area contributed by atoms with E-state index in [0.717, 1.165) is 35.4 Å². The van der Waals surface area contributed by atoms with Crippen LogP contribution < -0.4 is 0 Å². The molecule has 0 aliphatic carbocycles. The van der Waals surface area contributed by atoms with Crippen molar-refractivity contribution in [1.82, 2.24) is 20.0 Å². The van der Waals surface area contributed by atoms with Crippen molar-refractivity contribution in [2.75, 3.05) is 13.1 Å². The van der Waals surface area contributed by atoms with Crippen LogP contribution in [0.1, 0.15) is 40.7 Å². The molecule has 32 heavy (non-hydrogen) atoms. The van der Waals surface area contributed by atoms with Gasteiger partial charge in [0.2, 0.25) is 0 Å². The predicted molar refractivity (Wildman–Crippen MR) is 119 cm³/mol. The van der Waals surface area contributed by atoms with Crippen molar-refractivity contribution in [2.45, 2.75) is 25.7 Å². The van der Waals surface area contributed by atoms with Gasteiger partial charge in [-0.1, -0.05) is 16.8 Å². The monoisotopic (exact) mass is 448 g/mol. The van der Waals surface area contributed by atoms with Gasteiger partial charge in [-0.2, -0.15) is 0 Å². The van der Waals surface area contributed by atoms with E-state index in [1.165, 1.54) is 6.26 Å². The molecular formula is C24H21ClN4O3. The summed E-state index contributed by atoms with van der Waals surface area (Å²) in [6.45, 7) is 3.10. The van der Waals surface area contributed by atoms with Gasteiger partial charge in [0.05, 0.1) is 23.2 Å². The summed E-state index contributed by atoms with van der Waals surface area (Å²) in [7, 11) is 0. The highest BCUT2D eigenvalue weighted by atomic mass is 35.5. The molecule has 0 saturated carbocycles. The molecule has 1 atom stereocenters. The van der Waals surface area contributed by atoms with E-state index in [9.17, 15) is 4.79 Å². The second kappa shape index (κ2) is 8.59. The lowest BCUT2D eigenvalue weighted by molar-refractivity contribution is 0.0674. The van der Waals surface area contributed by atoms with E-state index in [4.69, 9.17) is 25.5 Å². The van der Waals surface area contributed by atoms with Gasteiger partial charge in [0.15, 0.2) is 17.3 Å². The molecule has 1 aliphatic heterocycles. The van der Waals surface area contributed by atoms with Gasteiger partial charge in [0, 0.05) is 41.9 Å². The van der Waals surface area contributed by atoms with Gasteiger partial charge in [-0.3, -0.25) is 4.79 Å². The number of rotatable bonds is 4. The van der Waals surface area contributed by atoms with E-state index in [0.29, 0.717) is 35.5 Å². The number of amides is 1. The Bertz CT molecular complexity index is 1230. The van der Waals surface area contributed by atoms with Gasteiger partial charge in [-0.05, 0) is 56.2 Å². The molecule has 4 aromatic rings. The summed E-state index contributed by atoms with van der Waals surface area (Å²) in [5, 5.41) is 4.68. The van der Waals surface area contributed by atoms with Crippen molar-refractivity contribution in [1.29, 1.82) is 0 Å². The van der Waals surface area contributed by atoms with Crippen LogP contribution in [0.15, 0.2) is 63.9 Å². The molecule has 0 spiro atoms. The van der Waals surface area contributed by atoms with Crippen LogP contribution in [0.4, 0.5) is 0 Å². The smallest absolute Gasteiger partial charge is 0.289 e. The minimum absolute atomic E-state index is 0.0251. The standard InChI is InChI=1S/C24H21ClN4O3/c1-15-12-21(32-28-15)19-13-26-23(16-6-8-18(25)9-7-16)27-22(19)17-4-2-10-29(14-17)24(30)20-5-3-11-31-20/h3,5-9,11-13,17H,2,4,10,14H2,1H3. The molecule has 0 bridgehead atoms.